The number of anilines is 1. The minimum atomic E-state index is -0.454. The summed E-state index contributed by atoms with van der Waals surface area (Å²) in [6.07, 6.45) is 1.62. The van der Waals surface area contributed by atoms with Crippen LogP contribution in [0.4, 0.5) is 10.2 Å². The predicted octanol–water partition coefficient (Wildman–Crippen LogP) is 4.76. The highest BCUT2D eigenvalue weighted by atomic mass is 79.9. The number of aromatic nitrogens is 2. The summed E-state index contributed by atoms with van der Waals surface area (Å²) in [6.45, 7) is 0.109. The van der Waals surface area contributed by atoms with Crippen molar-refractivity contribution in [2.45, 2.75) is 6.54 Å². The molecule has 0 unspecified atom stereocenters. The Morgan fingerprint density at radius 3 is 2.46 bits per heavy atom. The number of nitrogens with one attached hydrogen (secondary N) is 1. The van der Waals surface area contributed by atoms with E-state index in [1.807, 2.05) is 0 Å². The van der Waals surface area contributed by atoms with Crippen LogP contribution in [0.5, 0.6) is 11.5 Å². The number of benzene rings is 2. The van der Waals surface area contributed by atoms with E-state index in [1.165, 1.54) is 31.0 Å². The highest BCUT2D eigenvalue weighted by Crippen LogP contribution is 2.30. The van der Waals surface area contributed by atoms with Crippen LogP contribution in [-0.2, 0) is 6.54 Å². The lowest BCUT2D eigenvalue weighted by Crippen LogP contribution is -2.15. The van der Waals surface area contributed by atoms with Crippen molar-refractivity contribution in [2.75, 3.05) is 19.5 Å². The summed E-state index contributed by atoms with van der Waals surface area (Å²) in [6, 6.07) is 9.51. The summed E-state index contributed by atoms with van der Waals surface area (Å²) in [7, 11) is 2.93. The van der Waals surface area contributed by atoms with E-state index < -0.39 is 11.7 Å². The van der Waals surface area contributed by atoms with E-state index >= 15 is 0 Å². The highest BCUT2D eigenvalue weighted by Gasteiger charge is 2.20. The van der Waals surface area contributed by atoms with Crippen molar-refractivity contribution >= 4 is 39.3 Å². The largest absolute Gasteiger partial charge is 0.496 e. The molecule has 1 N–H and O–H groups in total. The zero-order valence-corrected chi connectivity index (χ0v) is 17.3. The molecule has 0 bridgehead atoms. The normalized spacial score (nSPS) is 10.6. The molecule has 146 valence electrons. The minimum absolute atomic E-state index is 0.109. The number of halogens is 3. The number of rotatable bonds is 6. The van der Waals surface area contributed by atoms with E-state index in [2.05, 4.69) is 26.3 Å². The van der Waals surface area contributed by atoms with Gasteiger partial charge in [0.05, 0.1) is 25.2 Å². The molecule has 1 heterocycles. The number of methoxy groups -OCH3 is 2. The van der Waals surface area contributed by atoms with E-state index in [0.29, 0.717) is 26.6 Å². The Balaban J connectivity index is 1.86. The summed E-state index contributed by atoms with van der Waals surface area (Å²) in [5.41, 5.74) is 0.550. The van der Waals surface area contributed by atoms with Gasteiger partial charge in [0.2, 0.25) is 0 Å². The van der Waals surface area contributed by atoms with Crippen LogP contribution in [0.3, 0.4) is 0 Å². The quantitative estimate of drug-likeness (QED) is 0.567. The fourth-order valence-corrected chi connectivity index (χ4v) is 3.29. The zero-order chi connectivity index (χ0) is 20.3. The predicted molar refractivity (Wildman–Crippen MR) is 108 cm³/mol. The number of nitrogens with zero attached hydrogens (tertiary/aromatic N) is 2. The molecule has 0 saturated heterocycles. The molecule has 0 fully saturated rings. The van der Waals surface area contributed by atoms with Gasteiger partial charge in [0.15, 0.2) is 5.82 Å². The van der Waals surface area contributed by atoms with Gasteiger partial charge in [-0.15, -0.1) is 0 Å². The fourth-order valence-electron chi connectivity index (χ4n) is 2.65. The maximum Gasteiger partial charge on any atom is 0.264 e. The van der Waals surface area contributed by atoms with Crippen LogP contribution in [0.2, 0.25) is 5.02 Å². The zero-order valence-electron chi connectivity index (χ0n) is 15.0. The number of carbonyl (C=O) groups excluding carboxylic acids is 1. The first kappa shape index (κ1) is 20.2. The second-order valence-corrected chi connectivity index (χ2v) is 6.98. The summed E-state index contributed by atoms with van der Waals surface area (Å²) < 4.78 is 26.5. The van der Waals surface area contributed by atoms with E-state index in [0.717, 1.165) is 0 Å². The van der Waals surface area contributed by atoms with Crippen molar-refractivity contribution < 1.29 is 18.7 Å². The first-order chi connectivity index (χ1) is 13.4. The van der Waals surface area contributed by atoms with Gasteiger partial charge in [0.25, 0.3) is 5.91 Å². The molecule has 0 spiro atoms. The summed E-state index contributed by atoms with van der Waals surface area (Å²) >= 11 is 9.42. The van der Waals surface area contributed by atoms with E-state index in [-0.39, 0.29) is 17.9 Å². The molecule has 2 aromatic carbocycles. The van der Waals surface area contributed by atoms with Gasteiger partial charge in [-0.3, -0.25) is 9.48 Å². The standard InChI is InChI=1S/C19H16BrClFN3O3/c1-27-15-7-4-8-16(28-2)17(15)19(26)23-18-12(20)10-25(24-18)9-11-13(21)5-3-6-14(11)22/h3-8,10H,9H2,1-2H3,(H,23,24,26). The molecule has 6 nitrogen and oxygen atoms in total. The molecular formula is C19H16BrClFN3O3. The lowest BCUT2D eigenvalue weighted by molar-refractivity contribution is 0.102. The molecule has 9 heteroatoms. The van der Waals surface area contributed by atoms with Crippen LogP contribution in [0, 0.1) is 5.82 Å². The molecular weight excluding hydrogens is 453 g/mol. The molecule has 1 amide bonds. The van der Waals surface area contributed by atoms with Gasteiger partial charge < -0.3 is 14.8 Å². The molecule has 1 aromatic heterocycles. The Kier molecular flexibility index (Phi) is 6.21. The smallest absolute Gasteiger partial charge is 0.264 e. The van der Waals surface area contributed by atoms with Gasteiger partial charge in [0, 0.05) is 16.8 Å². The Morgan fingerprint density at radius 2 is 1.86 bits per heavy atom. The van der Waals surface area contributed by atoms with Crippen molar-refractivity contribution in [3.63, 3.8) is 0 Å². The molecule has 0 radical (unpaired) electrons. The summed E-state index contributed by atoms with van der Waals surface area (Å²) in [5.74, 6) is 0.120. The number of hydrogen-bond donors (Lipinski definition) is 1. The molecule has 3 aromatic rings. The third-order valence-corrected chi connectivity index (χ3v) is 4.92. The average Bonchev–Trinajstić information content (AvgIpc) is 3.03. The average molecular weight is 469 g/mol. The van der Waals surface area contributed by atoms with E-state index in [1.54, 1.807) is 30.5 Å². The van der Waals surface area contributed by atoms with Crippen LogP contribution in [-0.4, -0.2) is 29.9 Å². The monoisotopic (exact) mass is 467 g/mol. The first-order valence-corrected chi connectivity index (χ1v) is 9.30. The molecule has 3 rings (SSSR count). The van der Waals surface area contributed by atoms with Crippen LogP contribution in [0.15, 0.2) is 47.1 Å². The molecule has 0 saturated carbocycles. The van der Waals surface area contributed by atoms with Gasteiger partial charge in [0.1, 0.15) is 22.9 Å². The van der Waals surface area contributed by atoms with Gasteiger partial charge in [-0.25, -0.2) is 4.39 Å². The summed E-state index contributed by atoms with van der Waals surface area (Å²) in [4.78, 5) is 12.8. The van der Waals surface area contributed by atoms with Gasteiger partial charge in [-0.1, -0.05) is 23.7 Å². The van der Waals surface area contributed by atoms with E-state index in [9.17, 15) is 9.18 Å². The molecule has 0 aliphatic heterocycles. The van der Waals surface area contributed by atoms with Crippen LogP contribution < -0.4 is 14.8 Å². The van der Waals surface area contributed by atoms with E-state index in [4.69, 9.17) is 21.1 Å². The topological polar surface area (TPSA) is 65.4 Å². The third-order valence-electron chi connectivity index (χ3n) is 3.99. The lowest BCUT2D eigenvalue weighted by Gasteiger charge is -2.12. The van der Waals surface area contributed by atoms with Crippen molar-refractivity contribution in [1.29, 1.82) is 0 Å². The Hall–Kier alpha value is -2.58. The van der Waals surface area contributed by atoms with Crippen molar-refractivity contribution in [3.8, 4) is 11.5 Å². The third kappa shape index (κ3) is 4.13. The highest BCUT2D eigenvalue weighted by molar-refractivity contribution is 9.10. The van der Waals surface area contributed by atoms with Gasteiger partial charge >= 0.3 is 0 Å². The van der Waals surface area contributed by atoms with Crippen molar-refractivity contribution in [2.24, 2.45) is 0 Å². The minimum Gasteiger partial charge on any atom is -0.496 e. The maximum atomic E-state index is 14.0. The second kappa shape index (κ2) is 8.62. The number of amides is 1. The molecule has 0 aliphatic rings. The van der Waals surface area contributed by atoms with Gasteiger partial charge in [-0.2, -0.15) is 5.10 Å². The Morgan fingerprint density at radius 1 is 1.21 bits per heavy atom. The van der Waals surface area contributed by atoms with Crippen LogP contribution >= 0.6 is 27.5 Å². The number of hydrogen-bond acceptors (Lipinski definition) is 4. The second-order valence-electron chi connectivity index (χ2n) is 5.72. The summed E-state index contributed by atoms with van der Waals surface area (Å²) in [5, 5.41) is 7.30. The Bertz CT molecular complexity index is 983. The van der Waals surface area contributed by atoms with Crippen LogP contribution in [0.1, 0.15) is 15.9 Å². The number of carbonyl (C=O) groups is 1. The lowest BCUT2D eigenvalue weighted by atomic mass is 10.1. The SMILES string of the molecule is COc1cccc(OC)c1C(=O)Nc1nn(Cc2c(F)cccc2Cl)cc1Br. The van der Waals surface area contributed by atoms with Crippen LogP contribution in [0.25, 0.3) is 0 Å². The maximum absolute atomic E-state index is 14.0. The molecule has 0 atom stereocenters. The molecule has 0 aliphatic carbocycles. The first-order valence-electron chi connectivity index (χ1n) is 8.12. The number of ether oxygens (including phenoxy) is 2. The fraction of sp³-hybridized carbons (Fsp3) is 0.158. The Labute approximate surface area is 174 Å². The van der Waals surface area contributed by atoms with Gasteiger partial charge in [-0.05, 0) is 40.2 Å². The molecule has 28 heavy (non-hydrogen) atoms. The van der Waals surface area contributed by atoms with Crippen molar-refractivity contribution in [1.82, 2.24) is 9.78 Å². The van der Waals surface area contributed by atoms with Crippen molar-refractivity contribution in [3.05, 3.63) is 69.0 Å².